The number of hydrogen-bond donors (Lipinski definition) is 0. The lowest BCUT2D eigenvalue weighted by molar-refractivity contribution is 0.104. The molecule has 0 amide bonds. The standard InChI is InChI=1S/C15H13NO/c1-12-2-4-13(5-3-12)6-7-15(17)14-8-10-16-11-9-14/h2-11H,1H3. The summed E-state index contributed by atoms with van der Waals surface area (Å²) in [5, 5.41) is 0. The van der Waals surface area contributed by atoms with E-state index in [1.165, 1.54) is 5.56 Å². The minimum absolute atomic E-state index is 0.00650. The second-order valence-corrected chi connectivity index (χ2v) is 3.84. The molecule has 1 aromatic carbocycles. The van der Waals surface area contributed by atoms with Gasteiger partial charge >= 0.3 is 0 Å². The summed E-state index contributed by atoms with van der Waals surface area (Å²) in [5.41, 5.74) is 2.89. The number of pyridine rings is 1. The minimum atomic E-state index is -0.00650. The topological polar surface area (TPSA) is 30.0 Å². The Morgan fingerprint density at radius 3 is 2.35 bits per heavy atom. The number of rotatable bonds is 3. The van der Waals surface area contributed by atoms with E-state index < -0.39 is 0 Å². The summed E-state index contributed by atoms with van der Waals surface area (Å²) in [6, 6.07) is 11.5. The first kappa shape index (κ1) is 11.3. The molecule has 0 bridgehead atoms. The molecule has 0 spiro atoms. The lowest BCUT2D eigenvalue weighted by Crippen LogP contribution is -1.93. The number of hydrogen-bond acceptors (Lipinski definition) is 2. The number of carbonyl (C=O) groups is 1. The van der Waals surface area contributed by atoms with Crippen LogP contribution in [0.5, 0.6) is 0 Å². The fourth-order valence-corrected chi connectivity index (χ4v) is 1.46. The van der Waals surface area contributed by atoms with E-state index in [0.717, 1.165) is 5.56 Å². The van der Waals surface area contributed by atoms with Gasteiger partial charge in [-0.05, 0) is 30.7 Å². The zero-order valence-corrected chi connectivity index (χ0v) is 9.63. The van der Waals surface area contributed by atoms with E-state index in [1.807, 2.05) is 37.3 Å². The Kier molecular flexibility index (Phi) is 3.46. The van der Waals surface area contributed by atoms with Gasteiger partial charge in [0.1, 0.15) is 0 Å². The Hall–Kier alpha value is -2.22. The molecule has 0 fully saturated rings. The van der Waals surface area contributed by atoms with Crippen molar-refractivity contribution in [1.29, 1.82) is 0 Å². The smallest absolute Gasteiger partial charge is 0.185 e. The van der Waals surface area contributed by atoms with Crippen LogP contribution in [0.3, 0.4) is 0 Å². The molecule has 1 aromatic heterocycles. The van der Waals surface area contributed by atoms with Crippen LogP contribution in [0, 0.1) is 6.92 Å². The highest BCUT2D eigenvalue weighted by atomic mass is 16.1. The van der Waals surface area contributed by atoms with Crippen LogP contribution >= 0.6 is 0 Å². The van der Waals surface area contributed by atoms with Gasteiger partial charge in [0.2, 0.25) is 0 Å². The van der Waals surface area contributed by atoms with Gasteiger partial charge in [-0.1, -0.05) is 35.9 Å². The van der Waals surface area contributed by atoms with Crippen LogP contribution in [0.1, 0.15) is 21.5 Å². The van der Waals surface area contributed by atoms with E-state index in [0.29, 0.717) is 5.56 Å². The summed E-state index contributed by atoms with van der Waals surface area (Å²) >= 11 is 0. The van der Waals surface area contributed by atoms with Gasteiger partial charge in [-0.2, -0.15) is 0 Å². The third-order valence-corrected chi connectivity index (χ3v) is 2.47. The van der Waals surface area contributed by atoms with Crippen molar-refractivity contribution in [3.05, 3.63) is 71.6 Å². The second kappa shape index (κ2) is 5.21. The van der Waals surface area contributed by atoms with E-state index in [4.69, 9.17) is 0 Å². The lowest BCUT2D eigenvalue weighted by Gasteiger charge is -1.95. The summed E-state index contributed by atoms with van der Waals surface area (Å²) in [7, 11) is 0. The van der Waals surface area contributed by atoms with Crippen LogP contribution in [-0.4, -0.2) is 10.8 Å². The number of allylic oxidation sites excluding steroid dienone is 1. The van der Waals surface area contributed by atoms with E-state index in [1.54, 1.807) is 30.6 Å². The highest BCUT2D eigenvalue weighted by Gasteiger charge is 1.99. The Morgan fingerprint density at radius 2 is 1.71 bits per heavy atom. The maximum absolute atomic E-state index is 11.8. The molecular weight excluding hydrogens is 210 g/mol. The second-order valence-electron chi connectivity index (χ2n) is 3.84. The molecule has 0 aliphatic rings. The molecule has 1 heterocycles. The summed E-state index contributed by atoms with van der Waals surface area (Å²) in [4.78, 5) is 15.6. The highest BCUT2D eigenvalue weighted by molar-refractivity contribution is 6.06. The van der Waals surface area contributed by atoms with Gasteiger partial charge in [-0.3, -0.25) is 9.78 Å². The molecule has 2 nitrogen and oxygen atoms in total. The van der Waals surface area contributed by atoms with Gasteiger partial charge in [0, 0.05) is 18.0 Å². The summed E-state index contributed by atoms with van der Waals surface area (Å²) in [5.74, 6) is -0.00650. The molecule has 84 valence electrons. The van der Waals surface area contributed by atoms with Gasteiger partial charge in [0.25, 0.3) is 0 Å². The van der Waals surface area contributed by atoms with Crippen LogP contribution in [0.25, 0.3) is 6.08 Å². The summed E-state index contributed by atoms with van der Waals surface area (Å²) < 4.78 is 0. The fourth-order valence-electron chi connectivity index (χ4n) is 1.46. The Morgan fingerprint density at radius 1 is 1.06 bits per heavy atom. The SMILES string of the molecule is Cc1ccc(C=CC(=O)c2ccncc2)cc1. The first-order chi connectivity index (χ1) is 8.25. The van der Waals surface area contributed by atoms with E-state index in [-0.39, 0.29) is 5.78 Å². The van der Waals surface area contributed by atoms with Crippen molar-refractivity contribution in [2.75, 3.05) is 0 Å². The molecule has 2 rings (SSSR count). The monoisotopic (exact) mass is 223 g/mol. The van der Waals surface area contributed by atoms with Crippen molar-refractivity contribution in [1.82, 2.24) is 4.98 Å². The zero-order valence-electron chi connectivity index (χ0n) is 9.63. The van der Waals surface area contributed by atoms with Crippen molar-refractivity contribution < 1.29 is 4.79 Å². The zero-order chi connectivity index (χ0) is 12.1. The number of carbonyl (C=O) groups excluding carboxylic acids is 1. The molecule has 0 saturated carbocycles. The lowest BCUT2D eigenvalue weighted by atomic mass is 10.1. The molecule has 2 heteroatoms. The Bertz CT molecular complexity index is 527. The number of aromatic nitrogens is 1. The summed E-state index contributed by atoms with van der Waals surface area (Å²) in [6.07, 6.45) is 6.64. The molecular formula is C15H13NO. The highest BCUT2D eigenvalue weighted by Crippen LogP contribution is 2.06. The van der Waals surface area contributed by atoms with E-state index in [2.05, 4.69) is 4.98 Å². The van der Waals surface area contributed by atoms with Crippen LogP contribution in [-0.2, 0) is 0 Å². The maximum Gasteiger partial charge on any atom is 0.185 e. The third kappa shape index (κ3) is 3.11. The first-order valence-corrected chi connectivity index (χ1v) is 5.45. The van der Waals surface area contributed by atoms with Crippen molar-refractivity contribution in [3.63, 3.8) is 0 Å². The number of nitrogens with zero attached hydrogens (tertiary/aromatic N) is 1. The van der Waals surface area contributed by atoms with Crippen LogP contribution < -0.4 is 0 Å². The van der Waals surface area contributed by atoms with Crippen LogP contribution in [0.2, 0.25) is 0 Å². The quantitative estimate of drug-likeness (QED) is 0.590. The van der Waals surface area contributed by atoms with Gasteiger partial charge in [0.15, 0.2) is 5.78 Å². The normalized spacial score (nSPS) is 10.6. The predicted molar refractivity (Wildman–Crippen MR) is 68.8 cm³/mol. The largest absolute Gasteiger partial charge is 0.289 e. The molecule has 0 aliphatic carbocycles. The average molecular weight is 223 g/mol. The van der Waals surface area contributed by atoms with E-state index >= 15 is 0 Å². The van der Waals surface area contributed by atoms with Crippen molar-refractivity contribution in [2.45, 2.75) is 6.92 Å². The van der Waals surface area contributed by atoms with Crippen LogP contribution in [0.15, 0.2) is 54.9 Å². The molecule has 0 radical (unpaired) electrons. The van der Waals surface area contributed by atoms with Gasteiger partial charge in [0.05, 0.1) is 0 Å². The fraction of sp³-hybridized carbons (Fsp3) is 0.0667. The Balaban J connectivity index is 2.11. The van der Waals surface area contributed by atoms with Gasteiger partial charge < -0.3 is 0 Å². The predicted octanol–water partition coefficient (Wildman–Crippen LogP) is 3.29. The average Bonchev–Trinajstić information content (AvgIpc) is 2.39. The summed E-state index contributed by atoms with van der Waals surface area (Å²) in [6.45, 7) is 2.04. The first-order valence-electron chi connectivity index (χ1n) is 5.45. The third-order valence-electron chi connectivity index (χ3n) is 2.47. The van der Waals surface area contributed by atoms with Crippen molar-refractivity contribution >= 4 is 11.9 Å². The molecule has 17 heavy (non-hydrogen) atoms. The minimum Gasteiger partial charge on any atom is -0.289 e. The number of benzene rings is 1. The number of ketones is 1. The molecule has 2 aromatic rings. The number of aryl methyl sites for hydroxylation is 1. The molecule has 0 N–H and O–H groups in total. The Labute approximate surface area is 101 Å². The van der Waals surface area contributed by atoms with Crippen molar-refractivity contribution in [3.8, 4) is 0 Å². The molecule has 0 atom stereocenters. The van der Waals surface area contributed by atoms with E-state index in [9.17, 15) is 4.79 Å². The molecule has 0 saturated heterocycles. The van der Waals surface area contributed by atoms with Gasteiger partial charge in [-0.25, -0.2) is 0 Å². The van der Waals surface area contributed by atoms with Gasteiger partial charge in [-0.15, -0.1) is 0 Å². The van der Waals surface area contributed by atoms with Crippen LogP contribution in [0.4, 0.5) is 0 Å². The molecule has 0 unspecified atom stereocenters. The molecule has 0 aliphatic heterocycles. The maximum atomic E-state index is 11.8. The van der Waals surface area contributed by atoms with Crippen molar-refractivity contribution in [2.24, 2.45) is 0 Å².